The molecule has 1 aromatic rings. The van der Waals surface area contributed by atoms with Crippen LogP contribution in [0, 0.1) is 0 Å². The molecule has 74 valence electrons. The summed E-state index contributed by atoms with van der Waals surface area (Å²) in [5.41, 5.74) is 5.60. The van der Waals surface area contributed by atoms with Gasteiger partial charge in [-0.2, -0.15) is 5.10 Å². The summed E-state index contributed by atoms with van der Waals surface area (Å²) in [5, 5.41) is 3.97. The van der Waals surface area contributed by atoms with Gasteiger partial charge in [0.25, 0.3) is 0 Å². The molecule has 1 rings (SSSR count). The van der Waals surface area contributed by atoms with Crippen molar-refractivity contribution in [3.63, 3.8) is 0 Å². The summed E-state index contributed by atoms with van der Waals surface area (Å²) in [7, 11) is 3.49. The molecule has 0 radical (unpaired) electrons. The fraction of sp³-hybridized carbons (Fsp3) is 0.750. The molecule has 5 nitrogen and oxygen atoms in total. The molecule has 1 aromatic heterocycles. The van der Waals surface area contributed by atoms with Crippen LogP contribution in [0.5, 0.6) is 0 Å². The van der Waals surface area contributed by atoms with E-state index in [2.05, 4.69) is 10.1 Å². The Labute approximate surface area is 77.9 Å². The van der Waals surface area contributed by atoms with Gasteiger partial charge in [0.2, 0.25) is 0 Å². The standard InChI is InChI=1S/C8H16N4O/c1-8(9,5-13-3)4-7-10-6-11-12(7)2/h6H,4-5,9H2,1-3H3. The van der Waals surface area contributed by atoms with E-state index >= 15 is 0 Å². The van der Waals surface area contributed by atoms with Crippen LogP contribution in [-0.4, -0.2) is 34.0 Å². The van der Waals surface area contributed by atoms with E-state index in [1.807, 2.05) is 14.0 Å². The fourth-order valence-electron chi connectivity index (χ4n) is 1.22. The number of hydrogen-bond acceptors (Lipinski definition) is 4. The Balaban J connectivity index is 2.63. The summed E-state index contributed by atoms with van der Waals surface area (Å²) in [5.74, 6) is 0.877. The van der Waals surface area contributed by atoms with E-state index in [1.165, 1.54) is 6.33 Å². The molecule has 0 aliphatic heterocycles. The Bertz CT molecular complexity index is 269. The van der Waals surface area contributed by atoms with Crippen LogP contribution in [0.25, 0.3) is 0 Å². The third kappa shape index (κ3) is 2.78. The summed E-state index contributed by atoms with van der Waals surface area (Å²) in [4.78, 5) is 4.10. The highest BCUT2D eigenvalue weighted by Crippen LogP contribution is 2.07. The van der Waals surface area contributed by atoms with Crippen molar-refractivity contribution >= 4 is 0 Å². The largest absolute Gasteiger partial charge is 0.383 e. The lowest BCUT2D eigenvalue weighted by Gasteiger charge is -2.22. The molecular weight excluding hydrogens is 168 g/mol. The first-order valence-electron chi connectivity index (χ1n) is 4.16. The number of rotatable bonds is 4. The van der Waals surface area contributed by atoms with Crippen molar-refractivity contribution in [2.24, 2.45) is 12.8 Å². The van der Waals surface area contributed by atoms with E-state index in [1.54, 1.807) is 11.8 Å². The second-order valence-electron chi connectivity index (χ2n) is 3.56. The first-order chi connectivity index (χ1) is 6.05. The summed E-state index contributed by atoms with van der Waals surface area (Å²) in [6.07, 6.45) is 2.19. The average Bonchev–Trinajstić information content (AvgIpc) is 2.35. The third-order valence-electron chi connectivity index (χ3n) is 1.84. The maximum Gasteiger partial charge on any atom is 0.138 e. The van der Waals surface area contributed by atoms with Crippen molar-refractivity contribution in [2.45, 2.75) is 18.9 Å². The quantitative estimate of drug-likeness (QED) is 0.699. The van der Waals surface area contributed by atoms with Crippen molar-refractivity contribution in [1.82, 2.24) is 14.8 Å². The second-order valence-corrected chi connectivity index (χ2v) is 3.56. The Kier molecular flexibility index (Phi) is 3.00. The molecule has 0 bridgehead atoms. The van der Waals surface area contributed by atoms with Crippen molar-refractivity contribution in [1.29, 1.82) is 0 Å². The molecule has 0 fully saturated rings. The van der Waals surface area contributed by atoms with Gasteiger partial charge >= 0.3 is 0 Å². The van der Waals surface area contributed by atoms with Gasteiger partial charge in [-0.15, -0.1) is 0 Å². The maximum absolute atomic E-state index is 5.98. The molecule has 0 aromatic carbocycles. The summed E-state index contributed by atoms with van der Waals surface area (Å²) in [6, 6.07) is 0. The smallest absolute Gasteiger partial charge is 0.138 e. The molecule has 1 atom stereocenters. The van der Waals surface area contributed by atoms with Crippen molar-refractivity contribution in [2.75, 3.05) is 13.7 Å². The van der Waals surface area contributed by atoms with Crippen molar-refractivity contribution in [3.05, 3.63) is 12.2 Å². The Morgan fingerprint density at radius 3 is 2.85 bits per heavy atom. The minimum Gasteiger partial charge on any atom is -0.383 e. The highest BCUT2D eigenvalue weighted by Gasteiger charge is 2.21. The number of ether oxygens (including phenoxy) is 1. The van der Waals surface area contributed by atoms with Crippen LogP contribution in [0.4, 0.5) is 0 Å². The Morgan fingerprint density at radius 1 is 1.69 bits per heavy atom. The second kappa shape index (κ2) is 3.85. The number of hydrogen-bond donors (Lipinski definition) is 1. The number of aromatic nitrogens is 3. The van der Waals surface area contributed by atoms with Crippen LogP contribution in [0.1, 0.15) is 12.7 Å². The number of nitrogens with zero attached hydrogens (tertiary/aromatic N) is 3. The summed E-state index contributed by atoms with van der Waals surface area (Å²) < 4.78 is 6.74. The zero-order valence-corrected chi connectivity index (χ0v) is 8.32. The van der Waals surface area contributed by atoms with Gasteiger partial charge in [-0.25, -0.2) is 4.98 Å². The molecular formula is C8H16N4O. The molecule has 0 spiro atoms. The van der Waals surface area contributed by atoms with Gasteiger partial charge in [0.1, 0.15) is 12.2 Å². The molecule has 13 heavy (non-hydrogen) atoms. The number of methoxy groups -OCH3 is 1. The van der Waals surface area contributed by atoms with Crippen molar-refractivity contribution < 1.29 is 4.74 Å². The van der Waals surface area contributed by atoms with E-state index in [9.17, 15) is 0 Å². The van der Waals surface area contributed by atoms with E-state index < -0.39 is 0 Å². The highest BCUT2D eigenvalue weighted by molar-refractivity contribution is 4.94. The van der Waals surface area contributed by atoms with Crippen molar-refractivity contribution in [3.8, 4) is 0 Å². The van der Waals surface area contributed by atoms with Gasteiger partial charge in [0, 0.05) is 26.1 Å². The van der Waals surface area contributed by atoms with Crippen LogP contribution in [0.15, 0.2) is 6.33 Å². The van der Waals surface area contributed by atoms with Gasteiger partial charge in [-0.05, 0) is 6.92 Å². The lowest BCUT2D eigenvalue weighted by molar-refractivity contribution is 0.139. The number of aryl methyl sites for hydroxylation is 1. The third-order valence-corrected chi connectivity index (χ3v) is 1.84. The predicted octanol–water partition coefficient (Wildman–Crippen LogP) is -0.279. The normalized spacial score (nSPS) is 15.7. The summed E-state index contributed by atoms with van der Waals surface area (Å²) >= 11 is 0. The van der Waals surface area contributed by atoms with Crippen LogP contribution in [0.2, 0.25) is 0 Å². The molecule has 0 amide bonds. The zero-order chi connectivity index (χ0) is 9.90. The predicted molar refractivity (Wildman–Crippen MR) is 49.2 cm³/mol. The zero-order valence-electron chi connectivity index (χ0n) is 8.32. The highest BCUT2D eigenvalue weighted by atomic mass is 16.5. The molecule has 1 unspecified atom stereocenters. The fourth-order valence-corrected chi connectivity index (χ4v) is 1.22. The number of nitrogens with two attached hydrogens (primary N) is 1. The van der Waals surface area contributed by atoms with Gasteiger partial charge < -0.3 is 10.5 Å². The van der Waals surface area contributed by atoms with Crippen LogP contribution in [0.3, 0.4) is 0 Å². The van der Waals surface area contributed by atoms with Gasteiger partial charge in [0.05, 0.1) is 6.61 Å². The maximum atomic E-state index is 5.98. The summed E-state index contributed by atoms with van der Waals surface area (Å²) in [6.45, 7) is 2.45. The minimum absolute atomic E-state index is 0.379. The molecule has 5 heteroatoms. The van der Waals surface area contributed by atoms with Crippen LogP contribution in [-0.2, 0) is 18.2 Å². The lowest BCUT2D eigenvalue weighted by atomic mass is 10.0. The molecule has 1 heterocycles. The molecule has 0 saturated heterocycles. The minimum atomic E-state index is -0.379. The monoisotopic (exact) mass is 184 g/mol. The molecule has 0 aliphatic rings. The van der Waals surface area contributed by atoms with Gasteiger partial charge in [-0.1, -0.05) is 0 Å². The van der Waals surface area contributed by atoms with Gasteiger partial charge in [0.15, 0.2) is 0 Å². The van der Waals surface area contributed by atoms with E-state index in [-0.39, 0.29) is 5.54 Å². The molecule has 0 saturated carbocycles. The average molecular weight is 184 g/mol. The van der Waals surface area contributed by atoms with Crippen LogP contribution < -0.4 is 5.73 Å². The van der Waals surface area contributed by atoms with E-state index in [0.29, 0.717) is 13.0 Å². The van der Waals surface area contributed by atoms with E-state index in [0.717, 1.165) is 5.82 Å². The molecule has 0 aliphatic carbocycles. The Morgan fingerprint density at radius 2 is 2.38 bits per heavy atom. The molecule has 2 N–H and O–H groups in total. The van der Waals surface area contributed by atoms with Gasteiger partial charge in [-0.3, -0.25) is 4.68 Å². The van der Waals surface area contributed by atoms with E-state index in [4.69, 9.17) is 10.5 Å². The first kappa shape index (κ1) is 10.1. The topological polar surface area (TPSA) is 66.0 Å². The first-order valence-corrected chi connectivity index (χ1v) is 4.16. The Hall–Kier alpha value is -0.940. The van der Waals surface area contributed by atoms with Crippen LogP contribution >= 0.6 is 0 Å². The lowest BCUT2D eigenvalue weighted by Crippen LogP contribution is -2.43. The SMILES string of the molecule is COCC(C)(N)Cc1ncnn1C.